The minimum absolute atomic E-state index is 0.256. The first kappa shape index (κ1) is 20.3. The van der Waals surface area contributed by atoms with E-state index in [-0.39, 0.29) is 11.7 Å². The molecule has 3 aromatic carbocycles. The van der Waals surface area contributed by atoms with Crippen LogP contribution in [0.2, 0.25) is 0 Å². The molecule has 1 N–H and O–H groups in total. The third-order valence-corrected chi connectivity index (χ3v) is 4.46. The van der Waals surface area contributed by atoms with Gasteiger partial charge in [0.2, 0.25) is 0 Å². The summed E-state index contributed by atoms with van der Waals surface area (Å²) in [6.07, 6.45) is 1.47. The van der Waals surface area contributed by atoms with Crippen LogP contribution in [0.5, 0.6) is 11.5 Å². The molecule has 3 rings (SSSR count). The van der Waals surface area contributed by atoms with E-state index in [2.05, 4.69) is 26.5 Å². The molecule has 0 aliphatic heterocycles. The lowest BCUT2D eigenvalue weighted by atomic mass is 10.2. The number of hydrogen-bond acceptors (Lipinski definition) is 5. The lowest BCUT2D eigenvalue weighted by Gasteiger charge is -2.12. The summed E-state index contributed by atoms with van der Waals surface area (Å²) in [6, 6.07) is 20.8. The van der Waals surface area contributed by atoms with E-state index in [0.717, 1.165) is 0 Å². The van der Waals surface area contributed by atoms with Gasteiger partial charge >= 0.3 is 5.97 Å². The SMILES string of the molecule is COc1cc(/C=N\NC(=O)c2ccccc2)cc(Br)c1OC(=O)c1ccccc1. The Balaban J connectivity index is 1.74. The number of esters is 1. The number of methoxy groups -OCH3 is 1. The van der Waals surface area contributed by atoms with Crippen LogP contribution in [0.25, 0.3) is 0 Å². The molecule has 0 saturated heterocycles. The maximum absolute atomic E-state index is 12.3. The first-order valence-electron chi connectivity index (χ1n) is 8.61. The molecule has 0 unspecified atom stereocenters. The van der Waals surface area contributed by atoms with Gasteiger partial charge in [-0.05, 0) is 57.9 Å². The fourth-order valence-corrected chi connectivity index (χ4v) is 3.00. The summed E-state index contributed by atoms with van der Waals surface area (Å²) >= 11 is 3.39. The zero-order valence-corrected chi connectivity index (χ0v) is 17.0. The first-order valence-corrected chi connectivity index (χ1v) is 9.41. The smallest absolute Gasteiger partial charge is 0.343 e. The average molecular weight is 453 g/mol. The molecule has 0 aromatic heterocycles. The van der Waals surface area contributed by atoms with Gasteiger partial charge in [-0.1, -0.05) is 36.4 Å². The summed E-state index contributed by atoms with van der Waals surface area (Å²) in [5.74, 6) is -0.214. The van der Waals surface area contributed by atoms with Crippen molar-refractivity contribution in [3.63, 3.8) is 0 Å². The van der Waals surface area contributed by atoms with E-state index in [1.807, 2.05) is 12.1 Å². The summed E-state index contributed by atoms with van der Waals surface area (Å²) in [5, 5.41) is 3.96. The zero-order valence-electron chi connectivity index (χ0n) is 15.5. The second-order valence-corrected chi connectivity index (χ2v) is 6.71. The van der Waals surface area contributed by atoms with E-state index in [1.165, 1.54) is 13.3 Å². The molecular formula is C22H17BrN2O4. The van der Waals surface area contributed by atoms with Crippen molar-refractivity contribution in [1.82, 2.24) is 5.43 Å². The minimum Gasteiger partial charge on any atom is -0.493 e. The molecule has 6 nitrogen and oxygen atoms in total. The van der Waals surface area contributed by atoms with Crippen LogP contribution in [0.3, 0.4) is 0 Å². The van der Waals surface area contributed by atoms with Crippen LogP contribution in [0.15, 0.2) is 82.4 Å². The van der Waals surface area contributed by atoms with Crippen molar-refractivity contribution in [2.24, 2.45) is 5.10 Å². The van der Waals surface area contributed by atoms with Gasteiger partial charge in [-0.2, -0.15) is 5.10 Å². The molecule has 29 heavy (non-hydrogen) atoms. The van der Waals surface area contributed by atoms with Crippen LogP contribution in [-0.4, -0.2) is 25.2 Å². The van der Waals surface area contributed by atoms with Crippen LogP contribution >= 0.6 is 15.9 Å². The van der Waals surface area contributed by atoms with Crippen LogP contribution in [-0.2, 0) is 0 Å². The first-order chi connectivity index (χ1) is 14.1. The molecule has 1 amide bonds. The van der Waals surface area contributed by atoms with Crippen LogP contribution in [0.1, 0.15) is 26.3 Å². The summed E-state index contributed by atoms with van der Waals surface area (Å²) < 4.78 is 11.3. The number of amides is 1. The normalized spacial score (nSPS) is 10.6. The number of nitrogens with one attached hydrogen (secondary N) is 1. The highest BCUT2D eigenvalue weighted by Crippen LogP contribution is 2.36. The molecule has 0 bridgehead atoms. The molecule has 3 aromatic rings. The predicted molar refractivity (Wildman–Crippen MR) is 114 cm³/mol. The largest absolute Gasteiger partial charge is 0.493 e. The number of carbonyl (C=O) groups is 2. The van der Waals surface area contributed by atoms with Gasteiger partial charge in [-0.25, -0.2) is 10.2 Å². The highest BCUT2D eigenvalue weighted by molar-refractivity contribution is 9.10. The number of hydrogen-bond donors (Lipinski definition) is 1. The van der Waals surface area contributed by atoms with Crippen molar-refractivity contribution in [2.45, 2.75) is 0 Å². The van der Waals surface area contributed by atoms with E-state index < -0.39 is 5.97 Å². The summed E-state index contributed by atoms with van der Waals surface area (Å²) in [6.45, 7) is 0. The fourth-order valence-electron chi connectivity index (χ4n) is 2.46. The molecule has 0 spiro atoms. The lowest BCUT2D eigenvalue weighted by Crippen LogP contribution is -2.17. The van der Waals surface area contributed by atoms with E-state index in [9.17, 15) is 9.59 Å². The van der Waals surface area contributed by atoms with Gasteiger partial charge in [0.15, 0.2) is 11.5 Å². The number of ether oxygens (including phenoxy) is 2. The van der Waals surface area contributed by atoms with Gasteiger partial charge in [0, 0.05) is 5.56 Å². The van der Waals surface area contributed by atoms with Gasteiger partial charge in [-0.15, -0.1) is 0 Å². The highest BCUT2D eigenvalue weighted by Gasteiger charge is 2.16. The van der Waals surface area contributed by atoms with Crippen LogP contribution in [0, 0.1) is 0 Å². The molecule has 0 aliphatic carbocycles. The number of rotatable bonds is 6. The third kappa shape index (κ3) is 5.30. The fraction of sp³-hybridized carbons (Fsp3) is 0.0455. The second-order valence-electron chi connectivity index (χ2n) is 5.85. The average Bonchev–Trinajstić information content (AvgIpc) is 2.76. The Kier molecular flexibility index (Phi) is 6.76. The molecule has 0 aliphatic rings. The van der Waals surface area contributed by atoms with Gasteiger partial charge in [0.1, 0.15) is 0 Å². The standard InChI is InChI=1S/C22H17BrN2O4/c1-28-19-13-15(14-24-25-21(26)16-8-4-2-5-9-16)12-18(23)20(19)29-22(27)17-10-6-3-7-11-17/h2-14H,1H3,(H,25,26)/b24-14-. The van der Waals surface area contributed by atoms with Crippen molar-refractivity contribution >= 4 is 34.0 Å². The maximum Gasteiger partial charge on any atom is 0.343 e. The van der Waals surface area contributed by atoms with Crippen molar-refractivity contribution in [1.29, 1.82) is 0 Å². The Bertz CT molecular complexity index is 1040. The zero-order chi connectivity index (χ0) is 20.6. The van der Waals surface area contributed by atoms with Gasteiger partial charge in [0.25, 0.3) is 5.91 Å². The van der Waals surface area contributed by atoms with E-state index >= 15 is 0 Å². The van der Waals surface area contributed by atoms with Crippen LogP contribution < -0.4 is 14.9 Å². The monoisotopic (exact) mass is 452 g/mol. The topological polar surface area (TPSA) is 77.0 Å². The summed E-state index contributed by atoms with van der Waals surface area (Å²) in [4.78, 5) is 24.3. The Morgan fingerprint density at radius 1 is 0.966 bits per heavy atom. The van der Waals surface area contributed by atoms with Crippen molar-refractivity contribution in [2.75, 3.05) is 7.11 Å². The van der Waals surface area contributed by atoms with Gasteiger partial charge < -0.3 is 9.47 Å². The summed E-state index contributed by atoms with van der Waals surface area (Å²) in [7, 11) is 1.47. The molecule has 0 saturated carbocycles. The Labute approximate surface area is 176 Å². The number of benzene rings is 3. The number of carbonyl (C=O) groups excluding carboxylic acids is 2. The molecule has 7 heteroatoms. The Hall–Kier alpha value is -3.45. The van der Waals surface area contributed by atoms with Crippen molar-refractivity contribution in [3.05, 3.63) is 94.0 Å². The van der Waals surface area contributed by atoms with Crippen molar-refractivity contribution < 1.29 is 19.1 Å². The molecule has 0 atom stereocenters. The highest BCUT2D eigenvalue weighted by atomic mass is 79.9. The van der Waals surface area contributed by atoms with Gasteiger partial charge in [-0.3, -0.25) is 4.79 Å². The second kappa shape index (κ2) is 9.66. The quantitative estimate of drug-likeness (QED) is 0.259. The number of nitrogens with zero attached hydrogens (tertiary/aromatic N) is 1. The summed E-state index contributed by atoms with van der Waals surface area (Å²) in [5.41, 5.74) is 4.03. The number of halogens is 1. The van der Waals surface area contributed by atoms with E-state index in [1.54, 1.807) is 60.7 Å². The molecule has 0 fully saturated rings. The minimum atomic E-state index is -0.499. The molecule has 146 valence electrons. The lowest BCUT2D eigenvalue weighted by molar-refractivity contribution is 0.0728. The molecule has 0 radical (unpaired) electrons. The van der Waals surface area contributed by atoms with E-state index in [4.69, 9.17) is 9.47 Å². The third-order valence-electron chi connectivity index (χ3n) is 3.87. The molecular weight excluding hydrogens is 436 g/mol. The molecule has 0 heterocycles. The predicted octanol–water partition coefficient (Wildman–Crippen LogP) is 4.44. The van der Waals surface area contributed by atoms with Gasteiger partial charge in [0.05, 0.1) is 23.4 Å². The number of hydrazone groups is 1. The maximum atomic E-state index is 12.3. The van der Waals surface area contributed by atoms with E-state index in [0.29, 0.717) is 26.9 Å². The van der Waals surface area contributed by atoms with Crippen LogP contribution in [0.4, 0.5) is 0 Å². The Morgan fingerprint density at radius 2 is 1.59 bits per heavy atom. The Morgan fingerprint density at radius 3 is 2.21 bits per heavy atom. The van der Waals surface area contributed by atoms with Crippen molar-refractivity contribution in [3.8, 4) is 11.5 Å².